The van der Waals surface area contributed by atoms with E-state index < -0.39 is 0 Å². The van der Waals surface area contributed by atoms with Crippen molar-refractivity contribution in [2.75, 3.05) is 13.2 Å². The Morgan fingerprint density at radius 3 is 2.94 bits per heavy atom. The van der Waals surface area contributed by atoms with E-state index in [2.05, 4.69) is 10.4 Å². The van der Waals surface area contributed by atoms with Crippen LogP contribution in [0.4, 0.5) is 0 Å². The Labute approximate surface area is 101 Å². The predicted molar refractivity (Wildman–Crippen MR) is 63.3 cm³/mol. The van der Waals surface area contributed by atoms with Crippen molar-refractivity contribution in [1.29, 1.82) is 0 Å². The molecule has 5 heteroatoms. The minimum absolute atomic E-state index is 0.0158. The third-order valence-electron chi connectivity index (χ3n) is 3.54. The zero-order valence-corrected chi connectivity index (χ0v) is 10.1. The molecule has 1 aromatic heterocycles. The molecule has 0 aromatic carbocycles. The van der Waals surface area contributed by atoms with Crippen LogP contribution in [-0.2, 0) is 4.79 Å². The number of rotatable bonds is 6. The lowest BCUT2D eigenvalue weighted by Crippen LogP contribution is -2.35. The molecule has 1 amide bonds. The lowest BCUT2D eigenvalue weighted by Gasteiger charge is -2.17. The number of aliphatic hydroxyl groups is 1. The van der Waals surface area contributed by atoms with Crippen LogP contribution in [0.5, 0.6) is 0 Å². The Hall–Kier alpha value is -1.36. The van der Waals surface area contributed by atoms with Gasteiger partial charge in [-0.1, -0.05) is 0 Å². The van der Waals surface area contributed by atoms with E-state index in [-0.39, 0.29) is 24.0 Å². The second-order valence-electron chi connectivity index (χ2n) is 4.85. The first-order valence-corrected chi connectivity index (χ1v) is 6.05. The fraction of sp³-hybridized carbons (Fsp3) is 0.667. The largest absolute Gasteiger partial charge is 0.396 e. The van der Waals surface area contributed by atoms with Gasteiger partial charge < -0.3 is 10.4 Å². The van der Waals surface area contributed by atoms with E-state index in [1.54, 1.807) is 23.1 Å². The molecule has 0 radical (unpaired) electrons. The van der Waals surface area contributed by atoms with Gasteiger partial charge in [0.2, 0.25) is 5.91 Å². The van der Waals surface area contributed by atoms with Crippen molar-refractivity contribution >= 4 is 5.91 Å². The standard InChI is InChI=1S/C12H19N3O2/c1-10(15-7-2-6-14-15)11(17)13-9-12(3-4-12)5-8-16/h2,6-7,10,16H,3-5,8-9H2,1H3,(H,13,17). The summed E-state index contributed by atoms with van der Waals surface area (Å²) in [6.45, 7) is 2.69. The Morgan fingerprint density at radius 2 is 2.41 bits per heavy atom. The van der Waals surface area contributed by atoms with E-state index in [4.69, 9.17) is 5.11 Å². The summed E-state index contributed by atoms with van der Waals surface area (Å²) in [5, 5.41) is 15.9. The number of carbonyl (C=O) groups is 1. The molecular weight excluding hydrogens is 218 g/mol. The van der Waals surface area contributed by atoms with Crippen molar-refractivity contribution in [1.82, 2.24) is 15.1 Å². The summed E-state index contributed by atoms with van der Waals surface area (Å²) in [4.78, 5) is 11.9. The van der Waals surface area contributed by atoms with Crippen LogP contribution in [-0.4, -0.2) is 33.9 Å². The van der Waals surface area contributed by atoms with Gasteiger partial charge in [0.25, 0.3) is 0 Å². The first-order valence-electron chi connectivity index (χ1n) is 6.05. The lowest BCUT2D eigenvalue weighted by molar-refractivity contribution is -0.124. The number of hydrogen-bond acceptors (Lipinski definition) is 3. The number of nitrogens with one attached hydrogen (secondary N) is 1. The SMILES string of the molecule is CC(C(=O)NCC1(CCO)CC1)n1cccn1. The monoisotopic (exact) mass is 237 g/mol. The van der Waals surface area contributed by atoms with Crippen molar-refractivity contribution in [2.45, 2.75) is 32.2 Å². The number of carbonyl (C=O) groups excluding carboxylic acids is 1. The van der Waals surface area contributed by atoms with Crippen LogP contribution in [0, 0.1) is 5.41 Å². The summed E-state index contributed by atoms with van der Waals surface area (Å²) in [7, 11) is 0. The first kappa shape index (κ1) is 12.1. The van der Waals surface area contributed by atoms with E-state index in [9.17, 15) is 4.79 Å². The van der Waals surface area contributed by atoms with Crippen LogP contribution in [0.2, 0.25) is 0 Å². The van der Waals surface area contributed by atoms with Crippen LogP contribution < -0.4 is 5.32 Å². The van der Waals surface area contributed by atoms with E-state index in [0.29, 0.717) is 6.54 Å². The highest BCUT2D eigenvalue weighted by Crippen LogP contribution is 2.47. The smallest absolute Gasteiger partial charge is 0.244 e. The Bertz CT molecular complexity index is 371. The van der Waals surface area contributed by atoms with E-state index in [1.165, 1.54) is 0 Å². The molecule has 1 aliphatic carbocycles. The minimum Gasteiger partial charge on any atom is -0.396 e. The van der Waals surface area contributed by atoms with Crippen LogP contribution >= 0.6 is 0 Å². The summed E-state index contributed by atoms with van der Waals surface area (Å²) < 4.78 is 1.64. The van der Waals surface area contributed by atoms with Crippen LogP contribution in [0.3, 0.4) is 0 Å². The number of aromatic nitrogens is 2. The van der Waals surface area contributed by atoms with Crippen LogP contribution in [0.25, 0.3) is 0 Å². The van der Waals surface area contributed by atoms with Gasteiger partial charge in [0.15, 0.2) is 0 Å². The van der Waals surface area contributed by atoms with Crippen LogP contribution in [0.15, 0.2) is 18.5 Å². The average molecular weight is 237 g/mol. The fourth-order valence-electron chi connectivity index (χ4n) is 1.98. The molecule has 94 valence electrons. The van der Waals surface area contributed by atoms with Gasteiger partial charge in [-0.2, -0.15) is 5.10 Å². The van der Waals surface area contributed by atoms with Gasteiger partial charge in [-0.15, -0.1) is 0 Å². The maximum absolute atomic E-state index is 11.9. The highest BCUT2D eigenvalue weighted by Gasteiger charge is 2.42. The molecule has 0 aliphatic heterocycles. The number of amides is 1. The predicted octanol–water partition coefficient (Wildman–Crippen LogP) is 0.723. The highest BCUT2D eigenvalue weighted by atomic mass is 16.3. The normalized spacial score (nSPS) is 18.7. The Morgan fingerprint density at radius 1 is 1.65 bits per heavy atom. The summed E-state index contributed by atoms with van der Waals surface area (Å²) >= 11 is 0. The van der Waals surface area contributed by atoms with Gasteiger partial charge in [-0.25, -0.2) is 0 Å². The summed E-state index contributed by atoms with van der Waals surface area (Å²) in [6, 6.07) is 1.52. The van der Waals surface area contributed by atoms with Crippen LogP contribution in [0.1, 0.15) is 32.2 Å². The highest BCUT2D eigenvalue weighted by molar-refractivity contribution is 5.79. The van der Waals surface area contributed by atoms with Crippen molar-refractivity contribution in [3.05, 3.63) is 18.5 Å². The van der Waals surface area contributed by atoms with Gasteiger partial charge in [0, 0.05) is 25.5 Å². The molecule has 1 unspecified atom stereocenters. The molecule has 5 nitrogen and oxygen atoms in total. The van der Waals surface area contributed by atoms with E-state index in [0.717, 1.165) is 19.3 Å². The van der Waals surface area contributed by atoms with E-state index in [1.807, 2.05) is 6.92 Å². The zero-order valence-electron chi connectivity index (χ0n) is 10.1. The lowest BCUT2D eigenvalue weighted by atomic mass is 10.0. The minimum atomic E-state index is -0.282. The molecule has 1 atom stereocenters. The number of aliphatic hydroxyl groups excluding tert-OH is 1. The average Bonchev–Trinajstić information content (AvgIpc) is 2.89. The molecule has 1 fully saturated rings. The quantitative estimate of drug-likeness (QED) is 0.766. The van der Waals surface area contributed by atoms with Crippen molar-refractivity contribution < 1.29 is 9.90 Å². The molecule has 2 N–H and O–H groups in total. The van der Waals surface area contributed by atoms with Crippen molar-refractivity contribution in [3.8, 4) is 0 Å². The van der Waals surface area contributed by atoms with E-state index >= 15 is 0 Å². The molecule has 1 saturated carbocycles. The van der Waals surface area contributed by atoms with Gasteiger partial charge >= 0.3 is 0 Å². The molecule has 1 heterocycles. The number of nitrogens with zero attached hydrogens (tertiary/aromatic N) is 2. The van der Waals surface area contributed by atoms with Gasteiger partial charge in [-0.05, 0) is 37.7 Å². The third kappa shape index (κ3) is 2.85. The van der Waals surface area contributed by atoms with Gasteiger partial charge in [0.05, 0.1) is 0 Å². The zero-order chi connectivity index (χ0) is 12.3. The third-order valence-corrected chi connectivity index (χ3v) is 3.54. The second-order valence-corrected chi connectivity index (χ2v) is 4.85. The van der Waals surface area contributed by atoms with Crippen molar-refractivity contribution in [3.63, 3.8) is 0 Å². The summed E-state index contributed by atoms with van der Waals surface area (Å²) in [5.41, 5.74) is 0.161. The Kier molecular flexibility index (Phi) is 3.47. The summed E-state index contributed by atoms with van der Waals surface area (Å²) in [6.07, 6.45) is 6.43. The molecule has 0 bridgehead atoms. The molecule has 1 aromatic rings. The molecule has 0 spiro atoms. The van der Waals surface area contributed by atoms with Crippen molar-refractivity contribution in [2.24, 2.45) is 5.41 Å². The molecule has 0 saturated heterocycles. The van der Waals surface area contributed by atoms with Gasteiger partial charge in [-0.3, -0.25) is 9.48 Å². The maximum Gasteiger partial charge on any atom is 0.244 e. The second kappa shape index (κ2) is 4.87. The molecule has 17 heavy (non-hydrogen) atoms. The van der Waals surface area contributed by atoms with Gasteiger partial charge in [0.1, 0.15) is 6.04 Å². The fourth-order valence-corrected chi connectivity index (χ4v) is 1.98. The maximum atomic E-state index is 11.9. The topological polar surface area (TPSA) is 67.2 Å². The molecule has 1 aliphatic rings. The molecular formula is C12H19N3O2. The Balaban J connectivity index is 1.82. The number of hydrogen-bond donors (Lipinski definition) is 2. The summed E-state index contributed by atoms with van der Waals surface area (Å²) in [5.74, 6) is -0.0158. The molecule has 2 rings (SSSR count). The first-order chi connectivity index (χ1) is 8.17.